The lowest BCUT2D eigenvalue weighted by Crippen LogP contribution is -2.12. The van der Waals surface area contributed by atoms with E-state index in [1.807, 2.05) is 31.3 Å². The molecule has 0 amide bonds. The number of nitrogens with one attached hydrogen (secondary N) is 1. The molecule has 2 nitrogen and oxygen atoms in total. The Morgan fingerprint density at radius 2 is 1.70 bits per heavy atom. The lowest BCUT2D eigenvalue weighted by Gasteiger charge is -2.18. The minimum absolute atomic E-state index is 0.0278. The highest BCUT2D eigenvalue weighted by Crippen LogP contribution is 2.31. The van der Waals surface area contributed by atoms with Gasteiger partial charge in [0, 0.05) is 6.04 Å². The van der Waals surface area contributed by atoms with Gasteiger partial charge in [0.25, 0.3) is 0 Å². The average Bonchev–Trinajstić information content (AvgIpc) is 2.49. The molecule has 0 bridgehead atoms. The van der Waals surface area contributed by atoms with Crippen molar-refractivity contribution >= 4 is 15.9 Å². The zero-order valence-electron chi connectivity index (χ0n) is 12.1. The molecular weight excluding hydrogens is 314 g/mol. The molecule has 0 spiro atoms. The van der Waals surface area contributed by atoms with E-state index in [-0.39, 0.29) is 6.10 Å². The van der Waals surface area contributed by atoms with Crippen molar-refractivity contribution in [3.8, 4) is 5.75 Å². The molecule has 0 saturated heterocycles. The van der Waals surface area contributed by atoms with Gasteiger partial charge in [0.1, 0.15) is 11.9 Å². The molecule has 106 valence electrons. The highest BCUT2D eigenvalue weighted by molar-refractivity contribution is 9.10. The van der Waals surface area contributed by atoms with Gasteiger partial charge in [-0.2, -0.15) is 0 Å². The van der Waals surface area contributed by atoms with Crippen LogP contribution in [0.25, 0.3) is 0 Å². The van der Waals surface area contributed by atoms with E-state index in [4.69, 9.17) is 4.74 Å². The second-order valence-corrected chi connectivity index (χ2v) is 5.73. The van der Waals surface area contributed by atoms with E-state index >= 15 is 0 Å². The largest absolute Gasteiger partial charge is 0.485 e. The van der Waals surface area contributed by atoms with E-state index in [1.54, 1.807) is 0 Å². The van der Waals surface area contributed by atoms with Gasteiger partial charge < -0.3 is 10.1 Å². The van der Waals surface area contributed by atoms with E-state index in [1.165, 1.54) is 11.1 Å². The Labute approximate surface area is 129 Å². The fraction of sp³-hybridized carbons (Fsp3) is 0.294. The Morgan fingerprint density at radius 1 is 1.00 bits per heavy atom. The minimum atomic E-state index is 0.0278. The molecule has 0 saturated carbocycles. The highest BCUT2D eigenvalue weighted by Gasteiger charge is 2.11. The molecule has 1 N–H and O–H groups in total. The van der Waals surface area contributed by atoms with Crippen LogP contribution in [0.4, 0.5) is 0 Å². The molecule has 0 heterocycles. The van der Waals surface area contributed by atoms with Crippen molar-refractivity contribution in [2.45, 2.75) is 26.0 Å². The third kappa shape index (κ3) is 3.62. The van der Waals surface area contributed by atoms with Crippen molar-refractivity contribution in [3.63, 3.8) is 0 Å². The number of halogens is 1. The van der Waals surface area contributed by atoms with Gasteiger partial charge in [-0.25, -0.2) is 0 Å². The van der Waals surface area contributed by atoms with Gasteiger partial charge >= 0.3 is 0 Å². The van der Waals surface area contributed by atoms with Crippen LogP contribution in [0.15, 0.2) is 53.0 Å². The van der Waals surface area contributed by atoms with E-state index in [9.17, 15) is 0 Å². The van der Waals surface area contributed by atoms with Crippen molar-refractivity contribution in [1.29, 1.82) is 0 Å². The van der Waals surface area contributed by atoms with Crippen LogP contribution < -0.4 is 10.1 Å². The van der Waals surface area contributed by atoms with Crippen LogP contribution >= 0.6 is 15.9 Å². The molecule has 2 unspecified atom stereocenters. The van der Waals surface area contributed by atoms with Gasteiger partial charge in [-0.1, -0.05) is 36.4 Å². The number of rotatable bonds is 5. The van der Waals surface area contributed by atoms with Gasteiger partial charge in [-0.15, -0.1) is 0 Å². The maximum atomic E-state index is 6.03. The SMILES string of the molecule is CNC(C)c1ccc(OC(C)c2ccccc2)c(Br)c1. The molecule has 0 aromatic heterocycles. The Bertz CT molecular complexity index is 556. The summed E-state index contributed by atoms with van der Waals surface area (Å²) in [6.45, 7) is 4.20. The molecule has 3 heteroatoms. The van der Waals surface area contributed by atoms with E-state index in [2.05, 4.69) is 59.4 Å². The first-order chi connectivity index (χ1) is 9.61. The van der Waals surface area contributed by atoms with Gasteiger partial charge in [-0.05, 0) is 60.1 Å². The van der Waals surface area contributed by atoms with E-state index < -0.39 is 0 Å². The zero-order chi connectivity index (χ0) is 14.5. The lowest BCUT2D eigenvalue weighted by molar-refractivity contribution is 0.225. The molecule has 0 aliphatic rings. The predicted octanol–water partition coefficient (Wildman–Crippen LogP) is 4.87. The third-order valence-corrected chi connectivity index (χ3v) is 4.08. The summed E-state index contributed by atoms with van der Waals surface area (Å²) in [6.07, 6.45) is 0.0278. The first-order valence-corrected chi connectivity index (χ1v) is 7.59. The summed E-state index contributed by atoms with van der Waals surface area (Å²) < 4.78 is 7.02. The second-order valence-electron chi connectivity index (χ2n) is 4.87. The summed E-state index contributed by atoms with van der Waals surface area (Å²) in [5.41, 5.74) is 2.41. The van der Waals surface area contributed by atoms with Crippen molar-refractivity contribution in [1.82, 2.24) is 5.32 Å². The summed E-state index contributed by atoms with van der Waals surface area (Å²) in [4.78, 5) is 0. The number of hydrogen-bond donors (Lipinski definition) is 1. The molecule has 2 aromatic carbocycles. The molecular formula is C17H20BrNO. The predicted molar refractivity (Wildman–Crippen MR) is 87.1 cm³/mol. The number of benzene rings is 2. The fourth-order valence-corrected chi connectivity index (χ4v) is 2.52. The van der Waals surface area contributed by atoms with Gasteiger partial charge in [0.05, 0.1) is 4.47 Å². The van der Waals surface area contributed by atoms with Crippen molar-refractivity contribution in [2.24, 2.45) is 0 Å². The van der Waals surface area contributed by atoms with Crippen LogP contribution in [-0.2, 0) is 0 Å². The van der Waals surface area contributed by atoms with Crippen LogP contribution in [0.3, 0.4) is 0 Å². The first-order valence-electron chi connectivity index (χ1n) is 6.80. The molecule has 2 atom stereocenters. The van der Waals surface area contributed by atoms with Crippen LogP contribution in [0, 0.1) is 0 Å². The topological polar surface area (TPSA) is 21.3 Å². The summed E-state index contributed by atoms with van der Waals surface area (Å²) in [5, 5.41) is 3.23. The minimum Gasteiger partial charge on any atom is -0.485 e. The Balaban J connectivity index is 2.14. The van der Waals surface area contributed by atoms with Crippen molar-refractivity contribution < 1.29 is 4.74 Å². The van der Waals surface area contributed by atoms with Crippen LogP contribution in [-0.4, -0.2) is 7.05 Å². The zero-order valence-corrected chi connectivity index (χ0v) is 13.6. The molecule has 0 fully saturated rings. The summed E-state index contributed by atoms with van der Waals surface area (Å²) in [6, 6.07) is 16.8. The van der Waals surface area contributed by atoms with Gasteiger partial charge in [0.15, 0.2) is 0 Å². The Morgan fingerprint density at radius 3 is 2.30 bits per heavy atom. The summed E-state index contributed by atoms with van der Waals surface area (Å²) in [7, 11) is 1.96. The average molecular weight is 334 g/mol. The van der Waals surface area contributed by atoms with E-state index in [0.29, 0.717) is 6.04 Å². The van der Waals surface area contributed by atoms with E-state index in [0.717, 1.165) is 10.2 Å². The third-order valence-electron chi connectivity index (χ3n) is 3.46. The normalized spacial score (nSPS) is 13.8. The lowest BCUT2D eigenvalue weighted by atomic mass is 10.1. The molecule has 20 heavy (non-hydrogen) atoms. The molecule has 0 aliphatic carbocycles. The monoisotopic (exact) mass is 333 g/mol. The number of ether oxygens (including phenoxy) is 1. The van der Waals surface area contributed by atoms with Crippen molar-refractivity contribution in [2.75, 3.05) is 7.05 Å². The quantitative estimate of drug-likeness (QED) is 0.842. The molecule has 2 aromatic rings. The molecule has 0 aliphatic heterocycles. The Hall–Kier alpha value is -1.32. The molecule has 2 rings (SSSR count). The van der Waals surface area contributed by atoms with Crippen LogP contribution in [0.1, 0.15) is 37.1 Å². The smallest absolute Gasteiger partial charge is 0.134 e. The summed E-state index contributed by atoms with van der Waals surface area (Å²) >= 11 is 3.59. The van der Waals surface area contributed by atoms with Crippen LogP contribution in [0.5, 0.6) is 5.75 Å². The number of hydrogen-bond acceptors (Lipinski definition) is 2. The second kappa shape index (κ2) is 6.91. The Kier molecular flexibility index (Phi) is 5.21. The highest BCUT2D eigenvalue weighted by atomic mass is 79.9. The van der Waals surface area contributed by atoms with Gasteiger partial charge in [0.2, 0.25) is 0 Å². The fourth-order valence-electron chi connectivity index (χ4n) is 2.03. The van der Waals surface area contributed by atoms with Crippen LogP contribution in [0.2, 0.25) is 0 Å². The molecule has 0 radical (unpaired) electrons. The summed E-state index contributed by atoms with van der Waals surface area (Å²) in [5.74, 6) is 0.869. The maximum absolute atomic E-state index is 6.03. The first kappa shape index (κ1) is 15.1. The standard InChI is InChI=1S/C17H20BrNO/c1-12(19-3)15-9-10-17(16(18)11-15)20-13(2)14-7-5-4-6-8-14/h4-13,19H,1-3H3. The van der Waals surface area contributed by atoms with Crippen molar-refractivity contribution in [3.05, 3.63) is 64.1 Å². The maximum Gasteiger partial charge on any atom is 0.134 e. The van der Waals surface area contributed by atoms with Gasteiger partial charge in [-0.3, -0.25) is 0 Å².